The van der Waals surface area contributed by atoms with Gasteiger partial charge >= 0.3 is 0 Å². The summed E-state index contributed by atoms with van der Waals surface area (Å²) >= 11 is 3.53. The number of halogens is 1. The van der Waals surface area contributed by atoms with Gasteiger partial charge in [0.15, 0.2) is 0 Å². The number of piperidine rings is 1. The summed E-state index contributed by atoms with van der Waals surface area (Å²) in [5, 5.41) is 1.06. The number of likely N-dealkylation sites (tertiary alicyclic amines) is 1. The first kappa shape index (κ1) is 15.4. The van der Waals surface area contributed by atoms with Gasteiger partial charge in [-0.3, -0.25) is 4.79 Å². The van der Waals surface area contributed by atoms with Crippen molar-refractivity contribution in [3.8, 4) is 5.75 Å². The van der Waals surface area contributed by atoms with Crippen molar-refractivity contribution >= 4 is 21.8 Å². The van der Waals surface area contributed by atoms with Gasteiger partial charge in [0.1, 0.15) is 5.75 Å². The molecule has 0 saturated carbocycles. The van der Waals surface area contributed by atoms with Crippen LogP contribution in [0.5, 0.6) is 5.75 Å². The zero-order valence-corrected chi connectivity index (χ0v) is 13.6. The van der Waals surface area contributed by atoms with Gasteiger partial charge in [0, 0.05) is 24.8 Å². The number of carbonyl (C=O) groups excluding carboxylic acids is 1. The number of alkyl halides is 1. The minimum absolute atomic E-state index is 0.286. The lowest BCUT2D eigenvalue weighted by Gasteiger charge is -2.31. The van der Waals surface area contributed by atoms with Crippen molar-refractivity contribution in [1.29, 1.82) is 0 Å². The van der Waals surface area contributed by atoms with E-state index in [1.165, 1.54) is 5.56 Å². The molecule has 1 aromatic rings. The Morgan fingerprint density at radius 1 is 1.30 bits per heavy atom. The van der Waals surface area contributed by atoms with Gasteiger partial charge < -0.3 is 9.64 Å². The molecule has 0 N–H and O–H groups in total. The molecule has 2 rings (SSSR count). The second-order valence-corrected chi connectivity index (χ2v) is 5.97. The van der Waals surface area contributed by atoms with E-state index in [2.05, 4.69) is 15.9 Å². The molecule has 0 unspecified atom stereocenters. The van der Waals surface area contributed by atoms with E-state index < -0.39 is 0 Å². The van der Waals surface area contributed by atoms with Crippen LogP contribution in [0.1, 0.15) is 24.8 Å². The van der Waals surface area contributed by atoms with Gasteiger partial charge in [-0.25, -0.2) is 0 Å². The molecule has 0 atom stereocenters. The Morgan fingerprint density at radius 3 is 2.50 bits per heavy atom. The lowest BCUT2D eigenvalue weighted by Crippen LogP contribution is -2.38. The molecule has 20 heavy (non-hydrogen) atoms. The highest BCUT2D eigenvalue weighted by molar-refractivity contribution is 9.09. The molecule has 3 nitrogen and oxygen atoms in total. The number of hydrogen-bond acceptors (Lipinski definition) is 2. The summed E-state index contributed by atoms with van der Waals surface area (Å²) in [6, 6.07) is 7.95. The predicted octanol–water partition coefficient (Wildman–Crippen LogP) is 3.26. The SMILES string of the molecule is COc1ccc(CCC(=O)N2CCC(CBr)CC2)cc1. The van der Waals surface area contributed by atoms with Crippen molar-refractivity contribution in [3.05, 3.63) is 29.8 Å². The molecule has 1 fully saturated rings. The third-order valence-electron chi connectivity index (χ3n) is 3.97. The van der Waals surface area contributed by atoms with Crippen LogP contribution in [-0.2, 0) is 11.2 Å². The number of hydrogen-bond donors (Lipinski definition) is 0. The molecule has 1 heterocycles. The van der Waals surface area contributed by atoms with Gasteiger partial charge in [0.05, 0.1) is 7.11 Å². The second kappa shape index (κ2) is 7.67. The fourth-order valence-electron chi connectivity index (χ4n) is 2.54. The van der Waals surface area contributed by atoms with E-state index in [4.69, 9.17) is 4.74 Å². The third-order valence-corrected chi connectivity index (χ3v) is 4.89. The maximum absolute atomic E-state index is 12.2. The van der Waals surface area contributed by atoms with Crippen molar-refractivity contribution in [2.24, 2.45) is 5.92 Å². The van der Waals surface area contributed by atoms with E-state index in [-0.39, 0.29) is 5.91 Å². The van der Waals surface area contributed by atoms with E-state index in [1.807, 2.05) is 29.2 Å². The molecule has 0 radical (unpaired) electrons. The summed E-state index contributed by atoms with van der Waals surface area (Å²) in [6.45, 7) is 1.83. The van der Waals surface area contributed by atoms with Crippen LogP contribution in [0.15, 0.2) is 24.3 Å². The molecular formula is C16H22BrNO2. The molecule has 0 aromatic heterocycles. The van der Waals surface area contributed by atoms with E-state index in [0.717, 1.165) is 49.3 Å². The van der Waals surface area contributed by atoms with Crippen LogP contribution in [0.2, 0.25) is 0 Å². The Morgan fingerprint density at radius 2 is 1.95 bits per heavy atom. The minimum Gasteiger partial charge on any atom is -0.497 e. The van der Waals surface area contributed by atoms with Crippen molar-refractivity contribution in [3.63, 3.8) is 0 Å². The highest BCUT2D eigenvalue weighted by atomic mass is 79.9. The van der Waals surface area contributed by atoms with Crippen molar-refractivity contribution in [2.45, 2.75) is 25.7 Å². The maximum atomic E-state index is 12.2. The number of carbonyl (C=O) groups is 1. The molecular weight excluding hydrogens is 318 g/mol. The van der Waals surface area contributed by atoms with Gasteiger partial charge in [-0.15, -0.1) is 0 Å². The number of ether oxygens (including phenoxy) is 1. The Hall–Kier alpha value is -1.03. The predicted molar refractivity (Wildman–Crippen MR) is 84.4 cm³/mol. The van der Waals surface area contributed by atoms with Crippen LogP contribution < -0.4 is 4.74 Å². The fraction of sp³-hybridized carbons (Fsp3) is 0.562. The van der Waals surface area contributed by atoms with Crippen molar-refractivity contribution < 1.29 is 9.53 Å². The molecule has 0 aliphatic carbocycles. The minimum atomic E-state index is 0.286. The summed E-state index contributed by atoms with van der Waals surface area (Å²) in [5.74, 6) is 1.88. The summed E-state index contributed by atoms with van der Waals surface area (Å²) in [7, 11) is 1.66. The topological polar surface area (TPSA) is 29.5 Å². The van der Waals surface area contributed by atoms with Gasteiger partial charge in [0.2, 0.25) is 5.91 Å². The summed E-state index contributed by atoms with van der Waals surface area (Å²) in [5.41, 5.74) is 1.19. The normalized spacial score (nSPS) is 16.2. The molecule has 1 aliphatic rings. The quantitative estimate of drug-likeness (QED) is 0.770. The number of aryl methyl sites for hydroxylation is 1. The van der Waals surface area contributed by atoms with Crippen LogP contribution in [-0.4, -0.2) is 36.3 Å². The number of benzene rings is 1. The Labute approximate surface area is 129 Å². The highest BCUT2D eigenvalue weighted by Crippen LogP contribution is 2.20. The second-order valence-electron chi connectivity index (χ2n) is 5.33. The van der Waals surface area contributed by atoms with Crippen molar-refractivity contribution in [1.82, 2.24) is 4.90 Å². The van der Waals surface area contributed by atoms with Crippen LogP contribution >= 0.6 is 15.9 Å². The zero-order chi connectivity index (χ0) is 14.4. The van der Waals surface area contributed by atoms with Gasteiger partial charge in [-0.05, 0) is 42.9 Å². The maximum Gasteiger partial charge on any atom is 0.222 e. The van der Waals surface area contributed by atoms with Crippen LogP contribution in [0.25, 0.3) is 0 Å². The van der Waals surface area contributed by atoms with Gasteiger partial charge in [-0.1, -0.05) is 28.1 Å². The van der Waals surface area contributed by atoms with Gasteiger partial charge in [-0.2, -0.15) is 0 Å². The molecule has 0 bridgehead atoms. The third kappa shape index (κ3) is 4.23. The van der Waals surface area contributed by atoms with Gasteiger partial charge in [0.25, 0.3) is 0 Å². The Kier molecular flexibility index (Phi) is 5.89. The van der Waals surface area contributed by atoms with Crippen LogP contribution in [0.3, 0.4) is 0 Å². The largest absolute Gasteiger partial charge is 0.497 e. The monoisotopic (exact) mass is 339 g/mol. The number of rotatable bonds is 5. The molecule has 1 amide bonds. The van der Waals surface area contributed by atoms with E-state index in [0.29, 0.717) is 6.42 Å². The summed E-state index contributed by atoms with van der Waals surface area (Å²) in [6.07, 6.45) is 3.66. The Balaban J connectivity index is 1.77. The number of amides is 1. The molecule has 1 aromatic carbocycles. The van der Waals surface area contributed by atoms with E-state index >= 15 is 0 Å². The molecule has 4 heteroatoms. The zero-order valence-electron chi connectivity index (χ0n) is 12.0. The summed E-state index contributed by atoms with van der Waals surface area (Å²) < 4.78 is 5.13. The first-order valence-corrected chi connectivity index (χ1v) is 8.31. The smallest absolute Gasteiger partial charge is 0.222 e. The number of nitrogens with zero attached hydrogens (tertiary/aromatic N) is 1. The lowest BCUT2D eigenvalue weighted by atomic mass is 9.98. The molecule has 1 saturated heterocycles. The van der Waals surface area contributed by atoms with E-state index in [1.54, 1.807) is 7.11 Å². The van der Waals surface area contributed by atoms with Crippen LogP contribution in [0.4, 0.5) is 0 Å². The highest BCUT2D eigenvalue weighted by Gasteiger charge is 2.21. The molecule has 110 valence electrons. The average molecular weight is 340 g/mol. The Bertz CT molecular complexity index is 425. The van der Waals surface area contributed by atoms with Crippen molar-refractivity contribution in [2.75, 3.05) is 25.5 Å². The van der Waals surface area contributed by atoms with E-state index in [9.17, 15) is 4.79 Å². The standard InChI is InChI=1S/C16H22BrNO2/c1-20-15-5-2-13(3-6-15)4-7-16(19)18-10-8-14(12-17)9-11-18/h2-3,5-6,14H,4,7-12H2,1H3. The fourth-order valence-corrected chi connectivity index (χ4v) is 3.19. The lowest BCUT2D eigenvalue weighted by molar-refractivity contribution is -0.132. The first-order chi connectivity index (χ1) is 9.72. The number of methoxy groups -OCH3 is 1. The average Bonchev–Trinajstić information content (AvgIpc) is 2.53. The molecule has 1 aliphatic heterocycles. The first-order valence-electron chi connectivity index (χ1n) is 7.19. The van der Waals surface area contributed by atoms with Crippen LogP contribution in [0, 0.1) is 5.92 Å². The summed E-state index contributed by atoms with van der Waals surface area (Å²) in [4.78, 5) is 14.2. The molecule has 0 spiro atoms.